The van der Waals surface area contributed by atoms with E-state index in [9.17, 15) is 0 Å². The van der Waals surface area contributed by atoms with E-state index in [0.29, 0.717) is 12.0 Å². The first-order chi connectivity index (χ1) is 6.77. The lowest BCUT2D eigenvalue weighted by molar-refractivity contribution is 0.259. The number of hydrogen-bond donors (Lipinski definition) is 1. The van der Waals surface area contributed by atoms with Gasteiger partial charge in [-0.15, -0.1) is 0 Å². The summed E-state index contributed by atoms with van der Waals surface area (Å²) in [7, 11) is 3.69. The molecule has 1 unspecified atom stereocenters. The molecule has 0 aromatic heterocycles. The monoisotopic (exact) mass is 211 g/mol. The molecule has 0 aliphatic rings. The number of benzene rings is 1. The van der Waals surface area contributed by atoms with E-state index in [2.05, 4.69) is 36.5 Å². The van der Waals surface area contributed by atoms with Gasteiger partial charge in [-0.2, -0.15) is 0 Å². The molecular weight excluding hydrogens is 194 g/mol. The lowest BCUT2D eigenvalue weighted by Crippen LogP contribution is -2.12. The van der Waals surface area contributed by atoms with Crippen molar-refractivity contribution in [3.05, 3.63) is 29.8 Å². The van der Waals surface area contributed by atoms with Crippen molar-refractivity contribution in [1.82, 2.24) is 5.32 Å². The van der Waals surface area contributed by atoms with Crippen LogP contribution in [0.3, 0.4) is 0 Å². The van der Waals surface area contributed by atoms with Gasteiger partial charge in [0.05, 0.1) is 5.94 Å². The Labute approximate surface area is 90.0 Å². The molecule has 3 heteroatoms. The van der Waals surface area contributed by atoms with Crippen LogP contribution in [0.25, 0.3) is 0 Å². The minimum absolute atomic E-state index is 0.401. The molecule has 0 aliphatic heterocycles. The lowest BCUT2D eigenvalue weighted by Gasteiger charge is -2.11. The number of hydrogen-bond acceptors (Lipinski definition) is 3. The van der Waals surface area contributed by atoms with Crippen LogP contribution in [0, 0.1) is 0 Å². The zero-order chi connectivity index (χ0) is 10.4. The second-order valence-corrected chi connectivity index (χ2v) is 4.13. The topological polar surface area (TPSA) is 21.3 Å². The van der Waals surface area contributed by atoms with Crippen molar-refractivity contribution in [3.8, 4) is 0 Å². The van der Waals surface area contributed by atoms with Gasteiger partial charge in [0.1, 0.15) is 0 Å². The van der Waals surface area contributed by atoms with E-state index in [1.807, 2.05) is 7.05 Å². The number of methoxy groups -OCH3 is 1. The fourth-order valence-corrected chi connectivity index (χ4v) is 1.82. The maximum Gasteiger partial charge on any atom is 0.0963 e. The van der Waals surface area contributed by atoms with Gasteiger partial charge in [-0.3, -0.25) is 0 Å². The highest BCUT2D eigenvalue weighted by molar-refractivity contribution is 7.99. The first-order valence-corrected chi connectivity index (χ1v) is 5.65. The predicted molar refractivity (Wildman–Crippen MR) is 61.6 cm³/mol. The van der Waals surface area contributed by atoms with Gasteiger partial charge < -0.3 is 10.1 Å². The molecule has 0 bridgehead atoms. The molecule has 0 aliphatic carbocycles. The summed E-state index contributed by atoms with van der Waals surface area (Å²) in [5.41, 5.74) is 1.31. The molecule has 1 rings (SSSR count). The first-order valence-electron chi connectivity index (χ1n) is 4.67. The highest BCUT2D eigenvalue weighted by Crippen LogP contribution is 2.21. The third-order valence-corrected chi connectivity index (χ3v) is 3.08. The summed E-state index contributed by atoms with van der Waals surface area (Å²) in [4.78, 5) is 1.26. The molecule has 0 radical (unpaired) electrons. The molecule has 0 saturated heterocycles. The summed E-state index contributed by atoms with van der Waals surface area (Å²) >= 11 is 1.71. The van der Waals surface area contributed by atoms with Crippen LogP contribution in [0.15, 0.2) is 29.2 Å². The molecule has 78 valence electrons. The molecule has 0 amide bonds. The van der Waals surface area contributed by atoms with Crippen LogP contribution in [-0.2, 0) is 4.74 Å². The van der Waals surface area contributed by atoms with Crippen LogP contribution in [0.5, 0.6) is 0 Å². The van der Waals surface area contributed by atoms with Crippen LogP contribution in [-0.4, -0.2) is 20.1 Å². The van der Waals surface area contributed by atoms with E-state index in [1.54, 1.807) is 18.9 Å². The van der Waals surface area contributed by atoms with Gasteiger partial charge in [-0.25, -0.2) is 0 Å². The smallest absolute Gasteiger partial charge is 0.0963 e. The second kappa shape index (κ2) is 6.06. The fourth-order valence-electron chi connectivity index (χ4n) is 1.17. The summed E-state index contributed by atoms with van der Waals surface area (Å²) in [5, 5.41) is 3.22. The standard InChI is InChI=1S/C11H17NOS/c1-9(12-2)10-5-4-6-11(7-10)14-8-13-3/h4-7,9,12H,8H2,1-3H3. The Morgan fingerprint density at radius 3 is 2.93 bits per heavy atom. The highest BCUT2D eigenvalue weighted by atomic mass is 32.2. The third-order valence-electron chi connectivity index (χ3n) is 2.13. The molecule has 1 aromatic rings. The normalized spacial score (nSPS) is 12.8. The van der Waals surface area contributed by atoms with Crippen LogP contribution < -0.4 is 5.32 Å². The average molecular weight is 211 g/mol. The Bertz CT molecular complexity index is 278. The van der Waals surface area contributed by atoms with Gasteiger partial charge in [0, 0.05) is 18.0 Å². The van der Waals surface area contributed by atoms with E-state index in [1.165, 1.54) is 10.5 Å². The number of nitrogens with one attached hydrogen (secondary N) is 1. The quantitative estimate of drug-likeness (QED) is 0.597. The van der Waals surface area contributed by atoms with E-state index in [4.69, 9.17) is 4.74 Å². The second-order valence-electron chi connectivity index (χ2n) is 3.13. The van der Waals surface area contributed by atoms with E-state index in [-0.39, 0.29) is 0 Å². The Morgan fingerprint density at radius 1 is 1.50 bits per heavy atom. The molecule has 1 atom stereocenters. The van der Waals surface area contributed by atoms with Gasteiger partial charge in [-0.05, 0) is 31.7 Å². The maximum atomic E-state index is 5.02. The molecule has 0 fully saturated rings. The number of thioether (sulfide) groups is 1. The number of rotatable bonds is 5. The summed E-state index contributed by atoms with van der Waals surface area (Å²) in [6, 6.07) is 8.93. The van der Waals surface area contributed by atoms with Crippen LogP contribution in [0.2, 0.25) is 0 Å². The van der Waals surface area contributed by atoms with Crippen molar-refractivity contribution < 1.29 is 4.74 Å². The molecule has 14 heavy (non-hydrogen) atoms. The van der Waals surface area contributed by atoms with Crippen molar-refractivity contribution >= 4 is 11.8 Å². The summed E-state index contributed by atoms with van der Waals surface area (Å²) in [6.07, 6.45) is 0. The van der Waals surface area contributed by atoms with Gasteiger partial charge in [0.25, 0.3) is 0 Å². The SMILES string of the molecule is CNC(C)c1cccc(SCOC)c1. The number of ether oxygens (including phenoxy) is 1. The Morgan fingerprint density at radius 2 is 2.29 bits per heavy atom. The zero-order valence-corrected chi connectivity index (χ0v) is 9.73. The average Bonchev–Trinajstić information content (AvgIpc) is 2.25. The summed E-state index contributed by atoms with van der Waals surface area (Å²) < 4.78 is 5.02. The largest absolute Gasteiger partial charge is 0.374 e. The van der Waals surface area contributed by atoms with E-state index >= 15 is 0 Å². The molecule has 0 heterocycles. The van der Waals surface area contributed by atoms with Gasteiger partial charge >= 0.3 is 0 Å². The van der Waals surface area contributed by atoms with Crippen molar-refractivity contribution in [2.24, 2.45) is 0 Å². The van der Waals surface area contributed by atoms with Gasteiger partial charge in [-0.1, -0.05) is 23.9 Å². The fraction of sp³-hybridized carbons (Fsp3) is 0.455. The van der Waals surface area contributed by atoms with E-state index < -0.39 is 0 Å². The Kier molecular flexibility index (Phi) is 5.01. The minimum atomic E-state index is 0.401. The third kappa shape index (κ3) is 3.33. The van der Waals surface area contributed by atoms with Crippen molar-refractivity contribution in [2.45, 2.75) is 17.9 Å². The zero-order valence-electron chi connectivity index (χ0n) is 8.91. The Hall–Kier alpha value is -0.510. The van der Waals surface area contributed by atoms with Crippen LogP contribution in [0.4, 0.5) is 0 Å². The molecule has 2 nitrogen and oxygen atoms in total. The van der Waals surface area contributed by atoms with Crippen LogP contribution in [0.1, 0.15) is 18.5 Å². The first kappa shape index (κ1) is 11.6. The highest BCUT2D eigenvalue weighted by Gasteiger charge is 2.02. The summed E-state index contributed by atoms with van der Waals surface area (Å²) in [6.45, 7) is 2.15. The molecular formula is C11H17NOS. The molecule has 1 N–H and O–H groups in total. The minimum Gasteiger partial charge on any atom is -0.374 e. The van der Waals surface area contributed by atoms with Gasteiger partial charge in [0.15, 0.2) is 0 Å². The van der Waals surface area contributed by atoms with Crippen molar-refractivity contribution in [2.75, 3.05) is 20.1 Å². The van der Waals surface area contributed by atoms with Crippen LogP contribution >= 0.6 is 11.8 Å². The molecule has 0 saturated carbocycles. The summed E-state index contributed by atoms with van der Waals surface area (Å²) in [5.74, 6) is 0.706. The molecule has 1 aromatic carbocycles. The maximum absolute atomic E-state index is 5.02. The lowest BCUT2D eigenvalue weighted by atomic mass is 10.1. The Balaban J connectivity index is 2.68. The van der Waals surface area contributed by atoms with Crippen molar-refractivity contribution in [3.63, 3.8) is 0 Å². The molecule has 0 spiro atoms. The predicted octanol–water partition coefficient (Wildman–Crippen LogP) is 2.66. The van der Waals surface area contributed by atoms with Crippen molar-refractivity contribution in [1.29, 1.82) is 0 Å². The van der Waals surface area contributed by atoms with E-state index in [0.717, 1.165) is 0 Å². The van der Waals surface area contributed by atoms with Gasteiger partial charge in [0.2, 0.25) is 0 Å².